The molecule has 4 nitrogen and oxygen atoms in total. The van der Waals surface area contributed by atoms with E-state index in [-0.39, 0.29) is 18.4 Å². The molecule has 1 atom stereocenters. The Labute approximate surface area is 135 Å². The molecule has 0 radical (unpaired) electrons. The fourth-order valence-electron chi connectivity index (χ4n) is 2.59. The third kappa shape index (κ3) is 3.54. The van der Waals surface area contributed by atoms with Crippen LogP contribution in [0.5, 0.6) is 0 Å². The van der Waals surface area contributed by atoms with Crippen LogP contribution in [0.4, 0.5) is 0 Å². The van der Waals surface area contributed by atoms with Crippen molar-refractivity contribution in [3.63, 3.8) is 0 Å². The van der Waals surface area contributed by atoms with Crippen LogP contribution in [0.15, 0.2) is 27.6 Å². The minimum Gasteiger partial charge on any atom is -0.318 e. The molecule has 0 saturated carbocycles. The fraction of sp³-hybridized carbons (Fsp3) is 0.538. The second-order valence-electron chi connectivity index (χ2n) is 4.88. The first kappa shape index (κ1) is 17.9. The molecule has 1 saturated heterocycles. The van der Waals surface area contributed by atoms with Crippen LogP contribution in [0.1, 0.15) is 18.4 Å². The van der Waals surface area contributed by atoms with E-state index in [4.69, 9.17) is 0 Å². The van der Waals surface area contributed by atoms with Gasteiger partial charge in [-0.2, -0.15) is 4.31 Å². The van der Waals surface area contributed by atoms with Crippen LogP contribution in [-0.2, 0) is 10.0 Å². The molecule has 2 rings (SSSR count). The highest BCUT2D eigenvalue weighted by atomic mass is 79.9. The minimum atomic E-state index is -3.38. The molecular formula is C13H20BrClN2O2S. The van der Waals surface area contributed by atoms with Crippen molar-refractivity contribution >= 4 is 38.4 Å². The van der Waals surface area contributed by atoms with Crippen molar-refractivity contribution in [2.24, 2.45) is 0 Å². The van der Waals surface area contributed by atoms with Crippen LogP contribution in [0, 0.1) is 6.92 Å². The van der Waals surface area contributed by atoms with Gasteiger partial charge in [-0.3, -0.25) is 0 Å². The summed E-state index contributed by atoms with van der Waals surface area (Å²) < 4.78 is 28.0. The Balaban J connectivity index is 0.00000200. The number of sulfonamides is 1. The summed E-state index contributed by atoms with van der Waals surface area (Å²) in [5.74, 6) is 0. The predicted octanol–water partition coefficient (Wildman–Crippen LogP) is 2.55. The number of hydrogen-bond donors (Lipinski definition) is 1. The van der Waals surface area contributed by atoms with Crippen molar-refractivity contribution in [2.45, 2.75) is 30.7 Å². The topological polar surface area (TPSA) is 49.4 Å². The lowest BCUT2D eigenvalue weighted by Crippen LogP contribution is -2.40. The molecule has 0 spiro atoms. The van der Waals surface area contributed by atoms with E-state index in [0.717, 1.165) is 22.9 Å². The molecule has 114 valence electrons. The predicted molar refractivity (Wildman–Crippen MR) is 87.0 cm³/mol. The Hall–Kier alpha value is -0.140. The summed E-state index contributed by atoms with van der Waals surface area (Å²) >= 11 is 3.36. The summed E-state index contributed by atoms with van der Waals surface area (Å²) in [5, 5.41) is 3.07. The van der Waals surface area contributed by atoms with Crippen LogP contribution in [0.25, 0.3) is 0 Å². The van der Waals surface area contributed by atoms with Crippen molar-refractivity contribution in [1.29, 1.82) is 0 Å². The zero-order valence-electron chi connectivity index (χ0n) is 11.6. The van der Waals surface area contributed by atoms with E-state index in [2.05, 4.69) is 21.2 Å². The molecule has 1 aliphatic heterocycles. The number of nitrogens with one attached hydrogen (secondary N) is 1. The van der Waals surface area contributed by atoms with Gasteiger partial charge in [0.2, 0.25) is 10.0 Å². The first-order valence-electron chi connectivity index (χ1n) is 6.39. The molecule has 0 aliphatic carbocycles. The summed E-state index contributed by atoms with van der Waals surface area (Å²) in [6.45, 7) is 3.15. The van der Waals surface area contributed by atoms with Gasteiger partial charge in [0.05, 0.1) is 4.90 Å². The molecule has 1 heterocycles. The van der Waals surface area contributed by atoms with Gasteiger partial charge in [0.1, 0.15) is 0 Å². The van der Waals surface area contributed by atoms with Crippen molar-refractivity contribution < 1.29 is 8.42 Å². The number of hydrogen-bond acceptors (Lipinski definition) is 3. The quantitative estimate of drug-likeness (QED) is 0.869. The fourth-order valence-corrected chi connectivity index (χ4v) is 4.97. The number of aryl methyl sites for hydroxylation is 1. The maximum Gasteiger partial charge on any atom is 0.243 e. The number of rotatable bonds is 4. The van der Waals surface area contributed by atoms with Crippen LogP contribution >= 0.6 is 28.3 Å². The molecular weight excluding hydrogens is 364 g/mol. The Morgan fingerprint density at radius 1 is 1.45 bits per heavy atom. The standard InChI is InChI=1S/C13H19BrN2O2S.ClH/c1-10-8-11(14)5-6-13(10)19(17,18)16-7-3-4-12(16)9-15-2;/h5-6,8,12,15H,3-4,7,9H2,1-2H3;1H. The van der Waals surface area contributed by atoms with E-state index in [1.807, 2.05) is 20.0 Å². The van der Waals surface area contributed by atoms with Crippen LogP contribution in [0.2, 0.25) is 0 Å². The Kier molecular flexibility index (Phi) is 6.47. The molecule has 0 aromatic heterocycles. The minimum absolute atomic E-state index is 0. The third-order valence-electron chi connectivity index (χ3n) is 3.49. The van der Waals surface area contributed by atoms with Crippen molar-refractivity contribution in [3.05, 3.63) is 28.2 Å². The maximum absolute atomic E-state index is 12.7. The van der Waals surface area contributed by atoms with E-state index >= 15 is 0 Å². The second kappa shape index (κ2) is 7.22. The molecule has 1 aliphatic rings. The van der Waals surface area contributed by atoms with Gasteiger partial charge in [0.15, 0.2) is 0 Å². The van der Waals surface area contributed by atoms with Gasteiger partial charge in [0, 0.05) is 23.6 Å². The molecule has 1 N–H and O–H groups in total. The van der Waals surface area contributed by atoms with E-state index in [1.54, 1.807) is 16.4 Å². The summed E-state index contributed by atoms with van der Waals surface area (Å²) in [6, 6.07) is 5.38. The number of halogens is 2. The van der Waals surface area contributed by atoms with E-state index in [0.29, 0.717) is 18.0 Å². The average molecular weight is 384 g/mol. The highest BCUT2D eigenvalue weighted by Crippen LogP contribution is 2.28. The van der Waals surface area contributed by atoms with Gasteiger partial charge in [0.25, 0.3) is 0 Å². The third-order valence-corrected chi connectivity index (χ3v) is 6.09. The lowest BCUT2D eigenvalue weighted by atomic mass is 10.2. The lowest BCUT2D eigenvalue weighted by Gasteiger charge is -2.24. The van der Waals surface area contributed by atoms with Crippen LogP contribution in [0.3, 0.4) is 0 Å². The average Bonchev–Trinajstić information content (AvgIpc) is 2.78. The number of benzene rings is 1. The zero-order chi connectivity index (χ0) is 14.0. The van der Waals surface area contributed by atoms with Crippen molar-refractivity contribution in [2.75, 3.05) is 20.1 Å². The molecule has 0 amide bonds. The Morgan fingerprint density at radius 3 is 2.75 bits per heavy atom. The van der Waals surface area contributed by atoms with Crippen molar-refractivity contribution in [1.82, 2.24) is 9.62 Å². The van der Waals surface area contributed by atoms with Crippen molar-refractivity contribution in [3.8, 4) is 0 Å². The first-order valence-corrected chi connectivity index (χ1v) is 8.62. The van der Waals surface area contributed by atoms with Gasteiger partial charge in [-0.15, -0.1) is 12.4 Å². The van der Waals surface area contributed by atoms with Gasteiger partial charge < -0.3 is 5.32 Å². The molecule has 1 fully saturated rings. The summed E-state index contributed by atoms with van der Waals surface area (Å²) in [7, 11) is -1.53. The molecule has 1 aromatic carbocycles. The SMILES string of the molecule is CNCC1CCCN1S(=O)(=O)c1ccc(Br)cc1C.Cl. The van der Waals surface area contributed by atoms with Gasteiger partial charge in [-0.1, -0.05) is 15.9 Å². The monoisotopic (exact) mass is 382 g/mol. The van der Waals surface area contributed by atoms with Gasteiger partial charge in [-0.05, 0) is 50.6 Å². The van der Waals surface area contributed by atoms with Crippen LogP contribution in [-0.4, -0.2) is 38.9 Å². The van der Waals surface area contributed by atoms with E-state index in [9.17, 15) is 8.42 Å². The van der Waals surface area contributed by atoms with Crippen LogP contribution < -0.4 is 5.32 Å². The lowest BCUT2D eigenvalue weighted by molar-refractivity contribution is 0.379. The summed E-state index contributed by atoms with van der Waals surface area (Å²) in [6.07, 6.45) is 1.86. The highest BCUT2D eigenvalue weighted by Gasteiger charge is 2.35. The molecule has 20 heavy (non-hydrogen) atoms. The van der Waals surface area contributed by atoms with E-state index < -0.39 is 10.0 Å². The number of nitrogens with zero attached hydrogens (tertiary/aromatic N) is 1. The Morgan fingerprint density at radius 2 is 2.15 bits per heavy atom. The normalized spacial score (nSPS) is 19.9. The maximum atomic E-state index is 12.7. The first-order chi connectivity index (χ1) is 8.96. The highest BCUT2D eigenvalue weighted by molar-refractivity contribution is 9.10. The zero-order valence-corrected chi connectivity index (χ0v) is 14.8. The summed E-state index contributed by atoms with van der Waals surface area (Å²) in [5.41, 5.74) is 0.782. The second-order valence-corrected chi connectivity index (χ2v) is 7.65. The molecule has 1 aromatic rings. The molecule has 7 heteroatoms. The Bertz CT molecular complexity index is 565. The van der Waals surface area contributed by atoms with Gasteiger partial charge in [-0.25, -0.2) is 8.42 Å². The van der Waals surface area contributed by atoms with Gasteiger partial charge >= 0.3 is 0 Å². The molecule has 0 bridgehead atoms. The summed E-state index contributed by atoms with van der Waals surface area (Å²) in [4.78, 5) is 0.415. The number of likely N-dealkylation sites (N-methyl/N-ethyl adjacent to an activating group) is 1. The van der Waals surface area contributed by atoms with E-state index in [1.165, 1.54) is 0 Å². The molecule has 1 unspecified atom stereocenters. The largest absolute Gasteiger partial charge is 0.318 e. The smallest absolute Gasteiger partial charge is 0.243 e.